The number of aromatic hydroxyl groups is 2. The molecule has 43 heavy (non-hydrogen) atoms. The highest BCUT2D eigenvalue weighted by Gasteiger charge is 2.36. The number of anilines is 1. The van der Waals surface area contributed by atoms with Crippen molar-refractivity contribution in [1.82, 2.24) is 10.2 Å². The molecule has 3 amide bonds. The van der Waals surface area contributed by atoms with Crippen molar-refractivity contribution < 1.29 is 29.3 Å². The van der Waals surface area contributed by atoms with Crippen LogP contribution in [0.2, 0.25) is 0 Å². The van der Waals surface area contributed by atoms with Gasteiger partial charge in [0, 0.05) is 18.7 Å². The summed E-state index contributed by atoms with van der Waals surface area (Å²) in [6.07, 6.45) is 0.699. The lowest BCUT2D eigenvalue weighted by Crippen LogP contribution is -2.53. The highest BCUT2D eigenvalue weighted by molar-refractivity contribution is 5.99. The number of nitrogens with zero attached hydrogens (tertiary/aromatic N) is 1. The van der Waals surface area contributed by atoms with Crippen LogP contribution in [0.5, 0.6) is 11.5 Å². The molecule has 4 N–H and O–H groups in total. The third kappa shape index (κ3) is 9.49. The fourth-order valence-corrected chi connectivity index (χ4v) is 4.65. The fraction of sp³-hybridized carbons (Fsp3) is 0.382. The predicted octanol–water partition coefficient (Wildman–Crippen LogP) is 6.16. The second kappa shape index (κ2) is 14.6. The first-order chi connectivity index (χ1) is 20.3. The Morgan fingerprint density at radius 1 is 0.930 bits per heavy atom. The zero-order valence-corrected chi connectivity index (χ0v) is 25.8. The summed E-state index contributed by atoms with van der Waals surface area (Å²) in [6.45, 7) is 11.0. The summed E-state index contributed by atoms with van der Waals surface area (Å²) in [5.74, 6) is -0.746. The summed E-state index contributed by atoms with van der Waals surface area (Å²) < 4.78 is 5.48. The van der Waals surface area contributed by atoms with Crippen molar-refractivity contribution in [2.45, 2.75) is 78.5 Å². The molecule has 9 nitrogen and oxygen atoms in total. The minimum absolute atomic E-state index is 0.0741. The maximum Gasteiger partial charge on any atom is 0.408 e. The molecule has 0 saturated carbocycles. The zero-order chi connectivity index (χ0) is 31.7. The summed E-state index contributed by atoms with van der Waals surface area (Å²) in [5.41, 5.74) is 2.46. The van der Waals surface area contributed by atoms with E-state index < -0.39 is 35.6 Å². The summed E-state index contributed by atoms with van der Waals surface area (Å²) in [7, 11) is 0. The number of benzene rings is 3. The molecular formula is C34H43N3O6. The molecule has 0 bridgehead atoms. The van der Waals surface area contributed by atoms with Crippen molar-refractivity contribution in [3.05, 3.63) is 89.0 Å². The summed E-state index contributed by atoms with van der Waals surface area (Å²) in [6, 6.07) is 16.4. The molecule has 2 atom stereocenters. The van der Waals surface area contributed by atoms with Crippen LogP contribution in [-0.4, -0.2) is 51.2 Å². The molecule has 3 aromatic rings. The van der Waals surface area contributed by atoms with E-state index in [-0.39, 0.29) is 24.5 Å². The fourth-order valence-electron chi connectivity index (χ4n) is 4.65. The second-order valence-corrected chi connectivity index (χ2v) is 11.7. The molecule has 0 saturated heterocycles. The number of hydrogen-bond donors (Lipinski definition) is 4. The molecule has 0 aliphatic heterocycles. The van der Waals surface area contributed by atoms with E-state index in [1.165, 1.54) is 23.1 Å². The van der Waals surface area contributed by atoms with Crippen LogP contribution in [0.15, 0.2) is 66.7 Å². The number of aryl methyl sites for hydroxylation is 2. The molecule has 230 valence electrons. The standard InChI is InChI=1S/C34H43N3O6/c1-7-8-19-37(32(41)28(36-33(42)43-34(4,5)6)21-24-13-16-26(38)17-14-24)30(25-15-18-29(39)23(3)20-25)31(40)35-27-12-10-9-11-22(27)2/h9-18,20,28,30,38-39H,7-8,19,21H2,1-6H3,(H,35,40)(H,36,42). The van der Waals surface area contributed by atoms with E-state index in [4.69, 9.17) is 4.74 Å². The summed E-state index contributed by atoms with van der Waals surface area (Å²) in [4.78, 5) is 43.0. The Balaban J connectivity index is 2.09. The van der Waals surface area contributed by atoms with Crippen LogP contribution < -0.4 is 10.6 Å². The number of para-hydroxylation sites is 1. The van der Waals surface area contributed by atoms with Gasteiger partial charge < -0.3 is 30.5 Å². The Bertz CT molecular complexity index is 1410. The maximum atomic E-state index is 14.5. The highest BCUT2D eigenvalue weighted by Crippen LogP contribution is 2.29. The first kappa shape index (κ1) is 33.0. The zero-order valence-electron chi connectivity index (χ0n) is 25.8. The van der Waals surface area contributed by atoms with Crippen molar-refractivity contribution in [1.29, 1.82) is 0 Å². The number of ether oxygens (including phenoxy) is 1. The first-order valence-corrected chi connectivity index (χ1v) is 14.5. The number of amides is 3. The van der Waals surface area contributed by atoms with E-state index in [0.29, 0.717) is 28.8 Å². The van der Waals surface area contributed by atoms with Crippen LogP contribution in [-0.2, 0) is 20.7 Å². The molecule has 0 aromatic heterocycles. The minimum Gasteiger partial charge on any atom is -0.508 e. The molecule has 0 aliphatic rings. The van der Waals surface area contributed by atoms with Gasteiger partial charge in [-0.15, -0.1) is 0 Å². The number of unbranched alkanes of at least 4 members (excludes halogenated alkanes) is 1. The maximum absolute atomic E-state index is 14.5. The van der Waals surface area contributed by atoms with Gasteiger partial charge in [0.2, 0.25) is 5.91 Å². The van der Waals surface area contributed by atoms with Crippen LogP contribution >= 0.6 is 0 Å². The van der Waals surface area contributed by atoms with Crippen molar-refractivity contribution in [2.75, 3.05) is 11.9 Å². The summed E-state index contributed by atoms with van der Waals surface area (Å²) in [5, 5.41) is 25.7. The molecule has 0 heterocycles. The van der Waals surface area contributed by atoms with Crippen LogP contribution in [0.1, 0.15) is 68.8 Å². The monoisotopic (exact) mass is 589 g/mol. The Morgan fingerprint density at radius 3 is 2.21 bits per heavy atom. The number of alkyl carbamates (subject to hydrolysis) is 1. The van der Waals surface area contributed by atoms with Gasteiger partial charge in [-0.2, -0.15) is 0 Å². The first-order valence-electron chi connectivity index (χ1n) is 14.5. The second-order valence-electron chi connectivity index (χ2n) is 11.7. The average Bonchev–Trinajstić information content (AvgIpc) is 2.93. The number of carbonyl (C=O) groups is 3. The molecule has 3 rings (SSSR count). The Labute approximate surface area is 253 Å². The number of phenolic OH excluding ortho intramolecular Hbond substituents is 2. The van der Waals surface area contributed by atoms with E-state index in [1.54, 1.807) is 58.0 Å². The Hall–Kier alpha value is -4.53. The van der Waals surface area contributed by atoms with Crippen molar-refractivity contribution >= 4 is 23.6 Å². The van der Waals surface area contributed by atoms with Gasteiger partial charge in [-0.3, -0.25) is 9.59 Å². The number of nitrogens with one attached hydrogen (secondary N) is 2. The van der Waals surface area contributed by atoms with Gasteiger partial charge in [0.25, 0.3) is 5.91 Å². The van der Waals surface area contributed by atoms with Gasteiger partial charge >= 0.3 is 6.09 Å². The quantitative estimate of drug-likeness (QED) is 0.212. The molecule has 2 unspecified atom stereocenters. The van der Waals surface area contributed by atoms with Gasteiger partial charge in [-0.25, -0.2) is 4.79 Å². The van der Waals surface area contributed by atoms with Gasteiger partial charge in [0.1, 0.15) is 29.2 Å². The number of carbonyl (C=O) groups excluding carboxylic acids is 3. The molecule has 0 fully saturated rings. The van der Waals surface area contributed by atoms with Gasteiger partial charge in [0.15, 0.2) is 0 Å². The van der Waals surface area contributed by atoms with E-state index in [0.717, 1.165) is 12.0 Å². The molecule has 3 aromatic carbocycles. The lowest BCUT2D eigenvalue weighted by Gasteiger charge is -2.35. The number of phenols is 2. The Morgan fingerprint density at radius 2 is 1.60 bits per heavy atom. The van der Waals surface area contributed by atoms with Crippen molar-refractivity contribution in [2.24, 2.45) is 0 Å². The van der Waals surface area contributed by atoms with E-state index in [2.05, 4.69) is 10.6 Å². The third-order valence-corrected chi connectivity index (χ3v) is 6.90. The molecule has 0 spiro atoms. The van der Waals surface area contributed by atoms with Gasteiger partial charge in [-0.05, 0) is 93.6 Å². The van der Waals surface area contributed by atoms with Crippen molar-refractivity contribution in [3.63, 3.8) is 0 Å². The van der Waals surface area contributed by atoms with Gasteiger partial charge in [0.05, 0.1) is 0 Å². The van der Waals surface area contributed by atoms with Crippen LogP contribution in [0, 0.1) is 13.8 Å². The van der Waals surface area contributed by atoms with E-state index in [1.807, 2.05) is 32.0 Å². The Kier molecular flexibility index (Phi) is 11.2. The van der Waals surface area contributed by atoms with Gasteiger partial charge in [-0.1, -0.05) is 49.7 Å². The molecule has 9 heteroatoms. The number of rotatable bonds is 11. The topological polar surface area (TPSA) is 128 Å². The normalized spacial score (nSPS) is 12.6. The van der Waals surface area contributed by atoms with Crippen LogP contribution in [0.4, 0.5) is 10.5 Å². The third-order valence-electron chi connectivity index (χ3n) is 6.90. The average molecular weight is 590 g/mol. The lowest BCUT2D eigenvalue weighted by molar-refractivity contribution is -0.140. The molecule has 0 radical (unpaired) electrons. The van der Waals surface area contributed by atoms with E-state index in [9.17, 15) is 24.6 Å². The van der Waals surface area contributed by atoms with Crippen LogP contribution in [0.3, 0.4) is 0 Å². The van der Waals surface area contributed by atoms with E-state index >= 15 is 0 Å². The summed E-state index contributed by atoms with van der Waals surface area (Å²) >= 11 is 0. The largest absolute Gasteiger partial charge is 0.508 e. The lowest BCUT2D eigenvalue weighted by atomic mass is 9.98. The SMILES string of the molecule is CCCCN(C(=O)C(Cc1ccc(O)cc1)NC(=O)OC(C)(C)C)C(C(=O)Nc1ccccc1C)c1ccc(O)c(C)c1. The smallest absolute Gasteiger partial charge is 0.408 e. The molecule has 0 aliphatic carbocycles. The minimum atomic E-state index is -1.08. The highest BCUT2D eigenvalue weighted by atomic mass is 16.6. The number of hydrogen-bond acceptors (Lipinski definition) is 6. The predicted molar refractivity (Wildman–Crippen MR) is 167 cm³/mol. The molecular weight excluding hydrogens is 546 g/mol. The van der Waals surface area contributed by atoms with Crippen molar-refractivity contribution in [3.8, 4) is 11.5 Å². The van der Waals surface area contributed by atoms with Crippen LogP contribution in [0.25, 0.3) is 0 Å².